The van der Waals surface area contributed by atoms with Crippen LogP contribution >= 0.6 is 11.3 Å². The standard InChI is InChI=1S/C13H12N4S/c1-9(12-6-14-8-18-12)16-13-7-15-10-4-2-3-5-11(10)17-13/h2-9H,1H3,(H,16,17)/t9-/m1/s1. The van der Waals surface area contributed by atoms with Crippen LogP contribution in [0.15, 0.2) is 42.2 Å². The molecule has 0 spiro atoms. The van der Waals surface area contributed by atoms with E-state index in [1.165, 1.54) is 4.88 Å². The van der Waals surface area contributed by atoms with Gasteiger partial charge in [-0.05, 0) is 19.1 Å². The number of nitrogens with one attached hydrogen (secondary N) is 1. The predicted octanol–water partition coefficient (Wildman–Crippen LogP) is 3.26. The molecular formula is C13H12N4S. The fraction of sp³-hybridized carbons (Fsp3) is 0.154. The van der Waals surface area contributed by atoms with Crippen LogP contribution in [0.25, 0.3) is 11.0 Å². The minimum Gasteiger partial charge on any atom is -0.361 e. The lowest BCUT2D eigenvalue weighted by molar-refractivity contribution is 0.892. The molecule has 0 fully saturated rings. The molecule has 0 aliphatic rings. The van der Waals surface area contributed by atoms with E-state index in [4.69, 9.17) is 0 Å². The van der Waals surface area contributed by atoms with Crippen molar-refractivity contribution in [1.29, 1.82) is 0 Å². The fourth-order valence-corrected chi connectivity index (χ4v) is 2.39. The summed E-state index contributed by atoms with van der Waals surface area (Å²) in [6.45, 7) is 2.09. The van der Waals surface area contributed by atoms with E-state index in [0.717, 1.165) is 16.9 Å². The molecule has 3 rings (SSSR count). The number of benzene rings is 1. The summed E-state index contributed by atoms with van der Waals surface area (Å²) >= 11 is 1.63. The van der Waals surface area contributed by atoms with Crippen molar-refractivity contribution in [3.05, 3.63) is 47.0 Å². The lowest BCUT2D eigenvalue weighted by Crippen LogP contribution is -2.06. The van der Waals surface area contributed by atoms with Gasteiger partial charge in [0.15, 0.2) is 0 Å². The second kappa shape index (κ2) is 4.70. The molecule has 1 atom stereocenters. The van der Waals surface area contributed by atoms with Crippen LogP contribution in [-0.4, -0.2) is 15.0 Å². The Hall–Kier alpha value is -2.01. The number of thiazole rings is 1. The highest BCUT2D eigenvalue weighted by molar-refractivity contribution is 7.09. The molecule has 0 aliphatic heterocycles. The van der Waals surface area contributed by atoms with E-state index in [2.05, 4.69) is 27.2 Å². The Labute approximate surface area is 109 Å². The molecule has 18 heavy (non-hydrogen) atoms. The molecule has 4 nitrogen and oxygen atoms in total. The van der Waals surface area contributed by atoms with Crippen molar-refractivity contribution in [3.63, 3.8) is 0 Å². The summed E-state index contributed by atoms with van der Waals surface area (Å²) in [5, 5.41) is 3.33. The molecule has 3 aromatic rings. The Balaban J connectivity index is 1.86. The summed E-state index contributed by atoms with van der Waals surface area (Å²) < 4.78 is 0. The zero-order valence-corrected chi connectivity index (χ0v) is 10.7. The lowest BCUT2D eigenvalue weighted by Gasteiger charge is -2.12. The van der Waals surface area contributed by atoms with E-state index in [1.54, 1.807) is 17.5 Å². The van der Waals surface area contributed by atoms with E-state index in [0.29, 0.717) is 0 Å². The quantitative estimate of drug-likeness (QED) is 0.781. The summed E-state index contributed by atoms with van der Waals surface area (Å²) in [4.78, 5) is 14.2. The number of para-hydroxylation sites is 2. The first kappa shape index (κ1) is 11.1. The topological polar surface area (TPSA) is 50.7 Å². The average molecular weight is 256 g/mol. The van der Waals surface area contributed by atoms with Crippen molar-refractivity contribution < 1.29 is 0 Å². The van der Waals surface area contributed by atoms with Crippen LogP contribution in [0.4, 0.5) is 5.82 Å². The zero-order chi connectivity index (χ0) is 12.4. The van der Waals surface area contributed by atoms with Gasteiger partial charge in [-0.2, -0.15) is 0 Å². The molecule has 0 saturated heterocycles. The second-order valence-corrected chi connectivity index (χ2v) is 4.93. The van der Waals surface area contributed by atoms with Crippen LogP contribution in [0.2, 0.25) is 0 Å². The van der Waals surface area contributed by atoms with Crippen molar-refractivity contribution in [1.82, 2.24) is 15.0 Å². The number of rotatable bonds is 3. The number of hydrogen-bond donors (Lipinski definition) is 1. The largest absolute Gasteiger partial charge is 0.361 e. The number of fused-ring (bicyclic) bond motifs is 1. The first-order chi connectivity index (χ1) is 8.83. The van der Waals surface area contributed by atoms with Gasteiger partial charge in [0.05, 0.1) is 28.8 Å². The molecule has 0 saturated carbocycles. The molecule has 1 aromatic carbocycles. The normalized spacial score (nSPS) is 12.5. The minimum absolute atomic E-state index is 0.188. The van der Waals surface area contributed by atoms with Crippen molar-refractivity contribution in [2.24, 2.45) is 0 Å². The molecule has 0 radical (unpaired) electrons. The van der Waals surface area contributed by atoms with Crippen molar-refractivity contribution in [2.75, 3.05) is 5.32 Å². The van der Waals surface area contributed by atoms with Crippen LogP contribution < -0.4 is 5.32 Å². The van der Waals surface area contributed by atoms with Gasteiger partial charge in [0.1, 0.15) is 5.82 Å². The fourth-order valence-electron chi connectivity index (χ4n) is 1.76. The number of anilines is 1. The molecule has 5 heteroatoms. The summed E-state index contributed by atoms with van der Waals surface area (Å²) in [7, 11) is 0. The number of aromatic nitrogens is 3. The molecule has 0 unspecified atom stereocenters. The monoisotopic (exact) mass is 256 g/mol. The highest BCUT2D eigenvalue weighted by Gasteiger charge is 2.08. The van der Waals surface area contributed by atoms with Crippen LogP contribution in [0, 0.1) is 0 Å². The molecule has 2 heterocycles. The number of hydrogen-bond acceptors (Lipinski definition) is 5. The third kappa shape index (κ3) is 2.17. The Morgan fingerprint density at radius 3 is 2.78 bits per heavy atom. The summed E-state index contributed by atoms with van der Waals surface area (Å²) in [5.41, 5.74) is 3.65. The Bertz CT molecular complexity index is 651. The van der Waals surface area contributed by atoms with Gasteiger partial charge in [0.2, 0.25) is 0 Å². The molecular weight excluding hydrogens is 244 g/mol. The maximum Gasteiger partial charge on any atom is 0.145 e. The van der Waals surface area contributed by atoms with Gasteiger partial charge in [-0.15, -0.1) is 11.3 Å². The van der Waals surface area contributed by atoms with Crippen molar-refractivity contribution in [3.8, 4) is 0 Å². The van der Waals surface area contributed by atoms with Crippen LogP contribution in [0.1, 0.15) is 17.8 Å². The average Bonchev–Trinajstić information content (AvgIpc) is 2.92. The summed E-state index contributed by atoms with van der Waals surface area (Å²) in [6, 6.07) is 8.04. The molecule has 90 valence electrons. The zero-order valence-electron chi connectivity index (χ0n) is 9.87. The smallest absolute Gasteiger partial charge is 0.145 e. The molecule has 2 aromatic heterocycles. The number of nitrogens with zero attached hydrogens (tertiary/aromatic N) is 3. The second-order valence-electron chi connectivity index (χ2n) is 4.01. The van der Waals surface area contributed by atoms with Crippen molar-refractivity contribution in [2.45, 2.75) is 13.0 Å². The van der Waals surface area contributed by atoms with Gasteiger partial charge < -0.3 is 5.32 Å². The molecule has 0 aliphatic carbocycles. The van der Waals surface area contributed by atoms with Gasteiger partial charge in [-0.25, -0.2) is 4.98 Å². The van der Waals surface area contributed by atoms with Crippen molar-refractivity contribution >= 4 is 28.2 Å². The van der Waals surface area contributed by atoms with Crippen LogP contribution in [0.5, 0.6) is 0 Å². The maximum absolute atomic E-state index is 4.54. The summed E-state index contributed by atoms with van der Waals surface area (Å²) in [6.07, 6.45) is 3.64. The van der Waals surface area contributed by atoms with Crippen LogP contribution in [-0.2, 0) is 0 Å². The van der Waals surface area contributed by atoms with Gasteiger partial charge >= 0.3 is 0 Å². The van der Waals surface area contributed by atoms with Gasteiger partial charge in [0.25, 0.3) is 0 Å². The van der Waals surface area contributed by atoms with E-state index >= 15 is 0 Å². The highest BCUT2D eigenvalue weighted by atomic mass is 32.1. The SMILES string of the molecule is C[C@@H](Nc1cnc2ccccc2n1)c1cncs1. The first-order valence-electron chi connectivity index (χ1n) is 5.69. The first-order valence-corrected chi connectivity index (χ1v) is 6.57. The maximum atomic E-state index is 4.54. The third-order valence-electron chi connectivity index (χ3n) is 2.69. The Morgan fingerprint density at radius 2 is 2.00 bits per heavy atom. The van der Waals surface area contributed by atoms with Crippen LogP contribution in [0.3, 0.4) is 0 Å². The van der Waals surface area contributed by atoms with E-state index < -0.39 is 0 Å². The van der Waals surface area contributed by atoms with E-state index in [1.807, 2.05) is 36.0 Å². The molecule has 0 amide bonds. The highest BCUT2D eigenvalue weighted by Crippen LogP contribution is 2.21. The van der Waals surface area contributed by atoms with Gasteiger partial charge in [0, 0.05) is 11.1 Å². The lowest BCUT2D eigenvalue weighted by atomic mass is 10.3. The predicted molar refractivity (Wildman–Crippen MR) is 73.7 cm³/mol. The Kier molecular flexibility index (Phi) is 2.90. The van der Waals surface area contributed by atoms with E-state index in [9.17, 15) is 0 Å². The Morgan fingerprint density at radius 1 is 1.17 bits per heavy atom. The minimum atomic E-state index is 0.188. The van der Waals surface area contributed by atoms with Gasteiger partial charge in [-0.1, -0.05) is 12.1 Å². The molecule has 0 bridgehead atoms. The third-order valence-corrected chi connectivity index (χ3v) is 3.65. The molecule has 1 N–H and O–H groups in total. The summed E-state index contributed by atoms with van der Waals surface area (Å²) in [5.74, 6) is 0.787. The van der Waals surface area contributed by atoms with Gasteiger partial charge in [-0.3, -0.25) is 9.97 Å². The van der Waals surface area contributed by atoms with E-state index in [-0.39, 0.29) is 6.04 Å².